The van der Waals surface area contributed by atoms with Gasteiger partial charge in [-0.2, -0.15) is 0 Å². The maximum atomic E-state index is 11.0. The number of anilines is 1. The van der Waals surface area contributed by atoms with E-state index in [1.54, 1.807) is 6.07 Å². The van der Waals surface area contributed by atoms with Gasteiger partial charge in [-0.05, 0) is 35.7 Å². The van der Waals surface area contributed by atoms with Crippen molar-refractivity contribution in [2.45, 2.75) is 13.3 Å². The quantitative estimate of drug-likeness (QED) is 0.498. The highest BCUT2D eigenvalue weighted by Gasteiger charge is 2.16. The van der Waals surface area contributed by atoms with Crippen LogP contribution in [-0.4, -0.2) is 37.3 Å². The zero-order valence-corrected chi connectivity index (χ0v) is 11.3. The molecule has 1 saturated heterocycles. The Balaban J connectivity index is 2.44. The van der Waals surface area contributed by atoms with Crippen molar-refractivity contribution in [3.8, 4) is 0 Å². The Morgan fingerprint density at radius 3 is 2.80 bits per heavy atom. The van der Waals surface area contributed by atoms with Crippen molar-refractivity contribution in [2.75, 3.05) is 31.1 Å². The highest BCUT2D eigenvalue weighted by atomic mass is 16.4. The predicted octanol–water partition coefficient (Wildman–Crippen LogP) is 1.97. The number of carboxylic acids is 1. The Morgan fingerprint density at radius 2 is 2.20 bits per heavy atom. The van der Waals surface area contributed by atoms with Crippen LogP contribution in [0.2, 0.25) is 0 Å². The predicted molar refractivity (Wildman–Crippen MR) is 76.4 cm³/mol. The Bertz CT molecular complexity index is 560. The van der Waals surface area contributed by atoms with Crippen molar-refractivity contribution < 1.29 is 9.90 Å². The molecule has 20 heavy (non-hydrogen) atoms. The number of nitrogens with one attached hydrogen (secondary N) is 1. The summed E-state index contributed by atoms with van der Waals surface area (Å²) in [6, 6.07) is 3.47. The first-order chi connectivity index (χ1) is 9.61. The van der Waals surface area contributed by atoms with Crippen LogP contribution < -0.4 is 10.2 Å². The lowest BCUT2D eigenvalue weighted by Crippen LogP contribution is -2.43. The molecule has 0 spiro atoms. The first kappa shape index (κ1) is 14.2. The van der Waals surface area contributed by atoms with Gasteiger partial charge >= 0.3 is 5.97 Å². The Labute approximate surface area is 116 Å². The van der Waals surface area contributed by atoms with Gasteiger partial charge in [0.05, 0.1) is 6.42 Å². The van der Waals surface area contributed by atoms with Gasteiger partial charge in [0.1, 0.15) is 0 Å². The van der Waals surface area contributed by atoms with Crippen LogP contribution in [0.25, 0.3) is 10.4 Å². The van der Waals surface area contributed by atoms with Crippen molar-refractivity contribution in [3.05, 3.63) is 33.7 Å². The minimum absolute atomic E-state index is 0.0697. The van der Waals surface area contributed by atoms with Crippen LogP contribution in [0.1, 0.15) is 11.1 Å². The minimum atomic E-state index is -0.891. The fourth-order valence-electron chi connectivity index (χ4n) is 2.43. The standard InChI is InChI=1S/C13H17N5O2/c1-9-10(7-13(19)20)6-11(16-17-14)8-12(9)18-4-2-15-3-5-18/h6,8,15H,2-5,7H2,1H3,(H,19,20). The van der Waals surface area contributed by atoms with E-state index >= 15 is 0 Å². The van der Waals surface area contributed by atoms with Crippen molar-refractivity contribution >= 4 is 17.3 Å². The molecular formula is C13H17N5O2. The molecule has 1 heterocycles. The number of azide groups is 1. The molecular weight excluding hydrogens is 258 g/mol. The molecule has 1 fully saturated rings. The van der Waals surface area contributed by atoms with E-state index in [0.29, 0.717) is 11.3 Å². The smallest absolute Gasteiger partial charge is 0.307 e. The van der Waals surface area contributed by atoms with E-state index in [0.717, 1.165) is 37.4 Å². The Morgan fingerprint density at radius 1 is 1.50 bits per heavy atom. The molecule has 1 aliphatic rings. The van der Waals surface area contributed by atoms with E-state index in [1.807, 2.05) is 13.0 Å². The lowest BCUT2D eigenvalue weighted by atomic mass is 10.0. The summed E-state index contributed by atoms with van der Waals surface area (Å²) in [4.78, 5) is 15.9. The van der Waals surface area contributed by atoms with Gasteiger partial charge in [0, 0.05) is 42.5 Å². The van der Waals surface area contributed by atoms with Gasteiger partial charge in [-0.1, -0.05) is 5.11 Å². The molecule has 0 saturated carbocycles. The maximum absolute atomic E-state index is 11.0. The van der Waals surface area contributed by atoms with E-state index < -0.39 is 5.97 Å². The van der Waals surface area contributed by atoms with Crippen LogP contribution in [0.5, 0.6) is 0 Å². The number of hydrogen-bond donors (Lipinski definition) is 2. The van der Waals surface area contributed by atoms with Crippen molar-refractivity contribution in [1.29, 1.82) is 0 Å². The first-order valence-corrected chi connectivity index (χ1v) is 6.48. The molecule has 1 aliphatic heterocycles. The molecule has 0 aliphatic carbocycles. The summed E-state index contributed by atoms with van der Waals surface area (Å²) in [5.74, 6) is -0.891. The molecule has 0 aromatic heterocycles. The second-order valence-electron chi connectivity index (χ2n) is 4.75. The van der Waals surface area contributed by atoms with Crippen LogP contribution in [0.4, 0.5) is 11.4 Å². The van der Waals surface area contributed by atoms with E-state index in [9.17, 15) is 4.79 Å². The highest BCUT2D eigenvalue weighted by molar-refractivity contribution is 5.74. The summed E-state index contributed by atoms with van der Waals surface area (Å²) in [7, 11) is 0. The fraction of sp³-hybridized carbons (Fsp3) is 0.462. The van der Waals surface area contributed by atoms with Gasteiger partial charge in [0.25, 0.3) is 0 Å². The summed E-state index contributed by atoms with van der Waals surface area (Å²) in [6.07, 6.45) is -0.0697. The molecule has 1 aromatic carbocycles. The Hall–Kier alpha value is -2.24. The van der Waals surface area contributed by atoms with Gasteiger partial charge < -0.3 is 15.3 Å². The van der Waals surface area contributed by atoms with Crippen molar-refractivity contribution in [3.63, 3.8) is 0 Å². The minimum Gasteiger partial charge on any atom is -0.481 e. The van der Waals surface area contributed by atoms with Gasteiger partial charge in [-0.3, -0.25) is 4.79 Å². The maximum Gasteiger partial charge on any atom is 0.307 e. The van der Waals surface area contributed by atoms with Crippen LogP contribution in [0.3, 0.4) is 0 Å². The largest absolute Gasteiger partial charge is 0.481 e. The van der Waals surface area contributed by atoms with Gasteiger partial charge in [-0.25, -0.2) is 0 Å². The number of hydrogen-bond acceptors (Lipinski definition) is 4. The number of carbonyl (C=O) groups is 1. The summed E-state index contributed by atoms with van der Waals surface area (Å²) in [5.41, 5.74) is 11.6. The van der Waals surface area contributed by atoms with E-state index in [2.05, 4.69) is 20.2 Å². The fourth-order valence-corrected chi connectivity index (χ4v) is 2.43. The topological polar surface area (TPSA) is 101 Å². The number of benzene rings is 1. The lowest BCUT2D eigenvalue weighted by molar-refractivity contribution is -0.136. The van der Waals surface area contributed by atoms with Gasteiger partial charge in [0.2, 0.25) is 0 Å². The molecule has 106 valence electrons. The third-order valence-electron chi connectivity index (χ3n) is 3.43. The summed E-state index contributed by atoms with van der Waals surface area (Å²) in [5, 5.41) is 15.9. The monoisotopic (exact) mass is 275 g/mol. The number of rotatable bonds is 4. The molecule has 2 N–H and O–H groups in total. The molecule has 0 bridgehead atoms. The summed E-state index contributed by atoms with van der Waals surface area (Å²) in [6.45, 7) is 5.40. The molecule has 0 unspecified atom stereocenters. The van der Waals surface area contributed by atoms with E-state index in [1.165, 1.54) is 0 Å². The van der Waals surface area contributed by atoms with Crippen LogP contribution in [-0.2, 0) is 11.2 Å². The molecule has 7 heteroatoms. The van der Waals surface area contributed by atoms with Gasteiger partial charge in [0.15, 0.2) is 0 Å². The van der Waals surface area contributed by atoms with Crippen LogP contribution >= 0.6 is 0 Å². The summed E-state index contributed by atoms with van der Waals surface area (Å²) >= 11 is 0. The van der Waals surface area contributed by atoms with Gasteiger partial charge in [-0.15, -0.1) is 0 Å². The molecule has 1 aromatic rings. The Kier molecular flexibility index (Phi) is 4.45. The zero-order chi connectivity index (χ0) is 14.5. The first-order valence-electron chi connectivity index (χ1n) is 6.48. The van der Waals surface area contributed by atoms with Crippen LogP contribution in [0.15, 0.2) is 17.2 Å². The average Bonchev–Trinajstić information content (AvgIpc) is 2.43. The molecule has 7 nitrogen and oxygen atoms in total. The second-order valence-corrected chi connectivity index (χ2v) is 4.75. The second kappa shape index (κ2) is 6.27. The number of piperazine rings is 1. The molecule has 0 atom stereocenters. The third-order valence-corrected chi connectivity index (χ3v) is 3.43. The van der Waals surface area contributed by atoms with Crippen molar-refractivity contribution in [2.24, 2.45) is 5.11 Å². The number of carboxylic acid groups (broad SMARTS) is 1. The third kappa shape index (κ3) is 3.20. The molecule has 0 amide bonds. The van der Waals surface area contributed by atoms with E-state index in [4.69, 9.17) is 10.6 Å². The SMILES string of the molecule is Cc1c(CC(=O)O)cc(N=[N+]=[N-])cc1N1CCNCC1. The molecule has 0 radical (unpaired) electrons. The van der Waals surface area contributed by atoms with Crippen LogP contribution in [0, 0.1) is 6.92 Å². The number of aliphatic carboxylic acids is 1. The summed E-state index contributed by atoms with van der Waals surface area (Å²) < 4.78 is 0. The zero-order valence-electron chi connectivity index (χ0n) is 11.3. The normalized spacial score (nSPS) is 14.8. The highest BCUT2D eigenvalue weighted by Crippen LogP contribution is 2.30. The number of nitrogens with zero attached hydrogens (tertiary/aromatic N) is 4. The average molecular weight is 275 g/mol. The lowest BCUT2D eigenvalue weighted by Gasteiger charge is -2.31. The van der Waals surface area contributed by atoms with Crippen molar-refractivity contribution in [1.82, 2.24) is 5.32 Å². The van der Waals surface area contributed by atoms with E-state index in [-0.39, 0.29) is 6.42 Å². The molecule has 2 rings (SSSR count).